The topological polar surface area (TPSA) is 119 Å². The molecule has 172 valence electrons. The molecule has 31 heavy (non-hydrogen) atoms. The van der Waals surface area contributed by atoms with Gasteiger partial charge in [-0.25, -0.2) is 22.0 Å². The standard InChI is InChI=1S/C20H24F2O8S/c1-2-28-19(25)14-8-20(29-16(9-23)17(10-24)30-20)6-5-18(14)31(26,27)11-12-3-4-13(21)7-15(12)22/h3-4,7-8,16-18,23-24H,2,5-6,9-11H2,1H3/t16-,17-,18?/m1/s1. The van der Waals surface area contributed by atoms with E-state index in [2.05, 4.69) is 0 Å². The van der Waals surface area contributed by atoms with E-state index in [0.717, 1.165) is 12.1 Å². The van der Waals surface area contributed by atoms with Crippen LogP contribution < -0.4 is 0 Å². The fourth-order valence-corrected chi connectivity index (χ4v) is 5.71. The molecule has 2 aliphatic rings. The van der Waals surface area contributed by atoms with E-state index >= 15 is 0 Å². The lowest BCUT2D eigenvalue weighted by molar-refractivity contribution is -0.154. The highest BCUT2D eigenvalue weighted by atomic mass is 32.2. The van der Waals surface area contributed by atoms with Crippen molar-refractivity contribution in [2.75, 3.05) is 19.8 Å². The number of aliphatic hydroxyl groups excluding tert-OH is 2. The summed E-state index contributed by atoms with van der Waals surface area (Å²) >= 11 is 0. The molecule has 0 amide bonds. The molecule has 1 aliphatic carbocycles. The summed E-state index contributed by atoms with van der Waals surface area (Å²) in [5.74, 6) is -4.98. The van der Waals surface area contributed by atoms with Crippen molar-refractivity contribution in [3.63, 3.8) is 0 Å². The molecule has 1 aromatic rings. The first kappa shape index (κ1) is 23.7. The molecule has 1 saturated heterocycles. The third kappa shape index (κ3) is 4.96. The first-order valence-corrected chi connectivity index (χ1v) is 11.5. The second-order valence-electron chi connectivity index (χ2n) is 7.38. The number of rotatable bonds is 7. The average Bonchev–Trinajstić information content (AvgIpc) is 3.07. The van der Waals surface area contributed by atoms with Crippen LogP contribution in [0.3, 0.4) is 0 Å². The first-order valence-electron chi connectivity index (χ1n) is 9.77. The van der Waals surface area contributed by atoms with Crippen molar-refractivity contribution >= 4 is 15.8 Å². The molecule has 1 aliphatic heterocycles. The Kier molecular flexibility index (Phi) is 7.11. The minimum absolute atomic E-state index is 0.0111. The lowest BCUT2D eigenvalue weighted by Crippen LogP contribution is -2.41. The normalized spacial score (nSPS) is 25.5. The SMILES string of the molecule is CCOC(=O)C1=CC2(CCC1S(=O)(=O)Cc1ccc(F)cc1F)O[C@H](CO)[C@@H](CO)O2. The summed E-state index contributed by atoms with van der Waals surface area (Å²) in [6.45, 7) is 0.658. The van der Waals surface area contributed by atoms with E-state index in [9.17, 15) is 32.2 Å². The number of hydrogen-bond acceptors (Lipinski definition) is 8. The van der Waals surface area contributed by atoms with Gasteiger partial charge in [0.2, 0.25) is 0 Å². The Morgan fingerprint density at radius 3 is 2.42 bits per heavy atom. The summed E-state index contributed by atoms with van der Waals surface area (Å²) in [6, 6.07) is 2.59. The van der Waals surface area contributed by atoms with Gasteiger partial charge in [0, 0.05) is 18.1 Å². The van der Waals surface area contributed by atoms with E-state index < -0.39 is 69.7 Å². The lowest BCUT2D eigenvalue weighted by Gasteiger charge is -2.33. The average molecular weight is 462 g/mol. The second kappa shape index (κ2) is 9.29. The highest BCUT2D eigenvalue weighted by Crippen LogP contribution is 2.41. The molecule has 0 bridgehead atoms. The number of ether oxygens (including phenoxy) is 3. The summed E-state index contributed by atoms with van der Waals surface area (Å²) in [4.78, 5) is 12.6. The zero-order valence-electron chi connectivity index (χ0n) is 16.8. The van der Waals surface area contributed by atoms with Gasteiger partial charge in [0.1, 0.15) is 23.8 Å². The fraction of sp³-hybridized carbons (Fsp3) is 0.550. The van der Waals surface area contributed by atoms with Gasteiger partial charge >= 0.3 is 5.97 Å². The van der Waals surface area contributed by atoms with Crippen LogP contribution in [-0.4, -0.2) is 67.7 Å². The number of aliphatic hydroxyl groups is 2. The molecule has 0 radical (unpaired) electrons. The van der Waals surface area contributed by atoms with Gasteiger partial charge < -0.3 is 24.4 Å². The predicted octanol–water partition coefficient (Wildman–Crippen LogP) is 0.996. The molecule has 1 fully saturated rings. The van der Waals surface area contributed by atoms with Crippen molar-refractivity contribution in [1.82, 2.24) is 0 Å². The van der Waals surface area contributed by atoms with Gasteiger partial charge in [0.25, 0.3) is 0 Å². The van der Waals surface area contributed by atoms with Gasteiger partial charge in [0.05, 0.1) is 36.4 Å². The van der Waals surface area contributed by atoms with Crippen LogP contribution in [0.2, 0.25) is 0 Å². The van der Waals surface area contributed by atoms with Gasteiger partial charge in [-0.2, -0.15) is 0 Å². The highest BCUT2D eigenvalue weighted by Gasteiger charge is 2.51. The molecule has 1 aromatic carbocycles. The number of carbonyl (C=O) groups excluding carboxylic acids is 1. The van der Waals surface area contributed by atoms with Gasteiger partial charge in [-0.15, -0.1) is 0 Å². The van der Waals surface area contributed by atoms with Crippen molar-refractivity contribution in [2.45, 2.75) is 48.8 Å². The lowest BCUT2D eigenvalue weighted by atomic mass is 9.94. The molecule has 8 nitrogen and oxygen atoms in total. The number of esters is 1. The predicted molar refractivity (Wildman–Crippen MR) is 103 cm³/mol. The Morgan fingerprint density at radius 2 is 1.87 bits per heavy atom. The summed E-state index contributed by atoms with van der Waals surface area (Å²) in [5.41, 5.74) is -0.454. The van der Waals surface area contributed by atoms with Crippen molar-refractivity contribution in [2.24, 2.45) is 0 Å². The van der Waals surface area contributed by atoms with Crippen LogP contribution in [0.1, 0.15) is 25.3 Å². The van der Waals surface area contributed by atoms with Gasteiger partial charge in [-0.05, 0) is 25.5 Å². The van der Waals surface area contributed by atoms with Crippen LogP contribution in [0.15, 0.2) is 29.8 Å². The summed E-state index contributed by atoms with van der Waals surface area (Å²) < 4.78 is 69.8. The fourth-order valence-electron chi connectivity index (χ4n) is 3.81. The van der Waals surface area contributed by atoms with E-state index in [4.69, 9.17) is 14.2 Å². The third-order valence-electron chi connectivity index (χ3n) is 5.27. The van der Waals surface area contributed by atoms with Gasteiger partial charge in [0.15, 0.2) is 15.6 Å². The minimum atomic E-state index is -4.11. The second-order valence-corrected chi connectivity index (χ2v) is 9.56. The quantitative estimate of drug-likeness (QED) is 0.576. The zero-order chi connectivity index (χ0) is 22.8. The number of carbonyl (C=O) groups is 1. The maximum absolute atomic E-state index is 14.0. The highest BCUT2D eigenvalue weighted by molar-refractivity contribution is 7.91. The zero-order valence-corrected chi connectivity index (χ0v) is 17.6. The van der Waals surface area contributed by atoms with Crippen molar-refractivity contribution in [3.05, 3.63) is 47.0 Å². The Balaban J connectivity index is 1.95. The molecule has 11 heteroatoms. The maximum atomic E-state index is 14.0. The number of hydrogen-bond donors (Lipinski definition) is 2. The molecule has 1 heterocycles. The van der Waals surface area contributed by atoms with Crippen LogP contribution in [0, 0.1) is 11.6 Å². The monoisotopic (exact) mass is 462 g/mol. The molecule has 2 N–H and O–H groups in total. The van der Waals surface area contributed by atoms with E-state index in [0.29, 0.717) is 6.07 Å². The van der Waals surface area contributed by atoms with Gasteiger partial charge in [-0.3, -0.25) is 0 Å². The molecule has 1 spiro atoms. The molecule has 1 unspecified atom stereocenters. The molecule has 3 atom stereocenters. The minimum Gasteiger partial charge on any atom is -0.463 e. The number of benzene rings is 1. The maximum Gasteiger partial charge on any atom is 0.335 e. The smallest absolute Gasteiger partial charge is 0.335 e. The van der Waals surface area contributed by atoms with E-state index in [1.807, 2.05) is 0 Å². The van der Waals surface area contributed by atoms with Gasteiger partial charge in [-0.1, -0.05) is 6.07 Å². The first-order chi connectivity index (χ1) is 14.6. The molecule has 0 saturated carbocycles. The number of halogens is 2. The van der Waals surface area contributed by atoms with E-state index in [1.165, 1.54) is 6.08 Å². The largest absolute Gasteiger partial charge is 0.463 e. The van der Waals surface area contributed by atoms with Crippen LogP contribution >= 0.6 is 0 Å². The van der Waals surface area contributed by atoms with Crippen molar-refractivity contribution in [3.8, 4) is 0 Å². The van der Waals surface area contributed by atoms with E-state index in [-0.39, 0.29) is 30.6 Å². The Morgan fingerprint density at radius 1 is 1.23 bits per heavy atom. The molecular formula is C20H24F2O8S. The van der Waals surface area contributed by atoms with E-state index in [1.54, 1.807) is 6.92 Å². The van der Waals surface area contributed by atoms with Crippen LogP contribution in [0.5, 0.6) is 0 Å². The molecule has 0 aromatic heterocycles. The Hall–Kier alpha value is -1.92. The van der Waals surface area contributed by atoms with Crippen molar-refractivity contribution in [1.29, 1.82) is 0 Å². The molecular weight excluding hydrogens is 438 g/mol. The Labute approximate surface area is 178 Å². The summed E-state index contributed by atoms with van der Waals surface area (Å²) in [5, 5.41) is 17.6. The Bertz CT molecular complexity index is 950. The summed E-state index contributed by atoms with van der Waals surface area (Å²) in [7, 11) is -4.11. The third-order valence-corrected chi connectivity index (χ3v) is 7.34. The number of sulfone groups is 1. The summed E-state index contributed by atoms with van der Waals surface area (Å²) in [6.07, 6.45) is -0.599. The van der Waals surface area contributed by atoms with Crippen LogP contribution in [-0.2, 0) is 34.6 Å². The molecule has 3 rings (SSSR count). The van der Waals surface area contributed by atoms with Crippen LogP contribution in [0.25, 0.3) is 0 Å². The van der Waals surface area contributed by atoms with Crippen LogP contribution in [0.4, 0.5) is 8.78 Å². The van der Waals surface area contributed by atoms with Crippen molar-refractivity contribution < 1.29 is 46.4 Å².